The van der Waals surface area contributed by atoms with E-state index < -0.39 is 22.9 Å². The molecule has 2 aliphatic rings. The van der Waals surface area contributed by atoms with Crippen molar-refractivity contribution in [3.8, 4) is 0 Å². The first-order chi connectivity index (χ1) is 6.89. The summed E-state index contributed by atoms with van der Waals surface area (Å²) in [6, 6.07) is 0. The van der Waals surface area contributed by atoms with E-state index in [4.69, 9.17) is 25.8 Å². The highest BCUT2D eigenvalue weighted by molar-refractivity contribution is 6.35. The van der Waals surface area contributed by atoms with E-state index in [1.165, 1.54) is 7.11 Å². The van der Waals surface area contributed by atoms with Crippen LogP contribution >= 0.6 is 11.6 Å². The minimum absolute atomic E-state index is 0.323. The van der Waals surface area contributed by atoms with Crippen LogP contribution in [0.5, 0.6) is 0 Å². The van der Waals surface area contributed by atoms with Crippen molar-refractivity contribution < 1.29 is 23.7 Å². The molecule has 15 heavy (non-hydrogen) atoms. The summed E-state index contributed by atoms with van der Waals surface area (Å²) in [5.41, 5.74) is 0. The molecule has 0 aromatic heterocycles. The Kier molecular flexibility index (Phi) is 2.46. The molecule has 5 nitrogen and oxygen atoms in total. The van der Waals surface area contributed by atoms with Gasteiger partial charge in [0.15, 0.2) is 5.79 Å². The minimum atomic E-state index is -1.39. The van der Waals surface area contributed by atoms with Crippen molar-refractivity contribution in [2.45, 2.75) is 36.9 Å². The van der Waals surface area contributed by atoms with Gasteiger partial charge < -0.3 is 18.9 Å². The standard InChI is InChI=1S/C9H13ClO5/c1-8(2)13-4-5(14-8)6-9(10,15-6)7(11)12-3/h5-6H,4H2,1-3H3/t5-,6?,9?/m1/s1. The van der Waals surface area contributed by atoms with Gasteiger partial charge in [-0.05, 0) is 13.8 Å². The van der Waals surface area contributed by atoms with Crippen molar-refractivity contribution in [2.24, 2.45) is 0 Å². The number of alkyl halides is 1. The Bertz CT molecular complexity index is 292. The van der Waals surface area contributed by atoms with Crippen LogP contribution in [0.15, 0.2) is 0 Å². The molecule has 0 radical (unpaired) electrons. The lowest BCUT2D eigenvalue weighted by atomic mass is 10.2. The fourth-order valence-corrected chi connectivity index (χ4v) is 1.95. The Morgan fingerprint density at radius 2 is 2.13 bits per heavy atom. The highest BCUT2D eigenvalue weighted by Crippen LogP contribution is 2.47. The molecule has 0 amide bonds. The number of halogens is 1. The van der Waals surface area contributed by atoms with Gasteiger partial charge in [-0.15, -0.1) is 0 Å². The first kappa shape index (κ1) is 11.1. The van der Waals surface area contributed by atoms with Gasteiger partial charge in [-0.1, -0.05) is 11.6 Å². The largest absolute Gasteiger partial charge is 0.466 e. The predicted molar refractivity (Wildman–Crippen MR) is 50.4 cm³/mol. The normalized spacial score (nSPS) is 42.7. The quantitative estimate of drug-likeness (QED) is 0.400. The lowest BCUT2D eigenvalue weighted by molar-refractivity contribution is -0.144. The Morgan fingerprint density at radius 1 is 1.47 bits per heavy atom. The van der Waals surface area contributed by atoms with Crippen LogP contribution < -0.4 is 0 Å². The van der Waals surface area contributed by atoms with Crippen LogP contribution in [-0.2, 0) is 23.7 Å². The maximum Gasteiger partial charge on any atom is 0.357 e. The summed E-state index contributed by atoms with van der Waals surface area (Å²) in [4.78, 5) is 11.2. The average Bonchev–Trinajstić information content (AvgIpc) is 2.73. The molecule has 0 aromatic carbocycles. The fraction of sp³-hybridized carbons (Fsp3) is 0.889. The molecule has 6 heteroatoms. The minimum Gasteiger partial charge on any atom is -0.466 e. The molecule has 0 aliphatic carbocycles. The van der Waals surface area contributed by atoms with Gasteiger partial charge in [0.2, 0.25) is 0 Å². The van der Waals surface area contributed by atoms with E-state index in [1.54, 1.807) is 13.8 Å². The number of methoxy groups -OCH3 is 1. The van der Waals surface area contributed by atoms with Gasteiger partial charge in [0.1, 0.15) is 12.2 Å². The highest BCUT2D eigenvalue weighted by atomic mass is 35.5. The second-order valence-corrected chi connectivity index (χ2v) is 4.60. The van der Waals surface area contributed by atoms with E-state index >= 15 is 0 Å². The summed E-state index contributed by atoms with van der Waals surface area (Å²) >= 11 is 5.90. The topological polar surface area (TPSA) is 57.3 Å². The molecule has 0 N–H and O–H groups in total. The van der Waals surface area contributed by atoms with Crippen molar-refractivity contribution in [2.75, 3.05) is 13.7 Å². The van der Waals surface area contributed by atoms with E-state index in [0.29, 0.717) is 6.61 Å². The monoisotopic (exact) mass is 236 g/mol. The van der Waals surface area contributed by atoms with Crippen LogP contribution in [-0.4, -0.2) is 42.7 Å². The van der Waals surface area contributed by atoms with Gasteiger partial charge >= 0.3 is 5.97 Å². The molecule has 2 unspecified atom stereocenters. The van der Waals surface area contributed by atoms with Gasteiger partial charge in [-0.3, -0.25) is 0 Å². The smallest absolute Gasteiger partial charge is 0.357 e. The first-order valence-electron chi connectivity index (χ1n) is 4.66. The van der Waals surface area contributed by atoms with E-state index in [2.05, 4.69) is 4.74 Å². The number of esters is 1. The molecule has 2 fully saturated rings. The van der Waals surface area contributed by atoms with E-state index in [9.17, 15) is 4.79 Å². The van der Waals surface area contributed by atoms with Crippen molar-refractivity contribution in [1.82, 2.24) is 0 Å². The highest BCUT2D eigenvalue weighted by Gasteiger charge is 2.68. The van der Waals surface area contributed by atoms with Crippen LogP contribution in [0.25, 0.3) is 0 Å². The number of epoxide rings is 1. The lowest BCUT2D eigenvalue weighted by Gasteiger charge is -2.16. The summed E-state index contributed by atoms with van der Waals surface area (Å²) in [5, 5.41) is -1.39. The Labute approximate surface area is 92.6 Å². The maximum atomic E-state index is 11.2. The molecule has 2 heterocycles. The van der Waals surface area contributed by atoms with Crippen molar-refractivity contribution >= 4 is 17.6 Å². The van der Waals surface area contributed by atoms with Crippen LogP contribution in [0, 0.1) is 0 Å². The van der Waals surface area contributed by atoms with E-state index in [0.717, 1.165) is 0 Å². The molecular formula is C9H13ClO5. The molecule has 0 bridgehead atoms. The Hall–Kier alpha value is -0.360. The molecule has 2 saturated heterocycles. The van der Waals surface area contributed by atoms with Gasteiger partial charge in [-0.2, -0.15) is 0 Å². The molecule has 0 aromatic rings. The first-order valence-corrected chi connectivity index (χ1v) is 5.04. The number of carbonyl (C=O) groups excluding carboxylic acids is 1. The average molecular weight is 237 g/mol. The van der Waals surface area contributed by atoms with Gasteiger partial charge in [0.05, 0.1) is 13.7 Å². The molecule has 0 saturated carbocycles. The zero-order valence-electron chi connectivity index (χ0n) is 8.78. The molecule has 2 aliphatic heterocycles. The molecule has 86 valence electrons. The van der Waals surface area contributed by atoms with Crippen molar-refractivity contribution in [3.05, 3.63) is 0 Å². The van der Waals surface area contributed by atoms with Gasteiger partial charge in [0.25, 0.3) is 5.06 Å². The number of hydrogen-bond acceptors (Lipinski definition) is 5. The number of hydrogen-bond donors (Lipinski definition) is 0. The summed E-state index contributed by atoms with van der Waals surface area (Å²) in [6.07, 6.45) is -0.815. The molecular weight excluding hydrogens is 224 g/mol. The fourth-order valence-electron chi connectivity index (χ4n) is 1.63. The van der Waals surface area contributed by atoms with Crippen molar-refractivity contribution in [3.63, 3.8) is 0 Å². The van der Waals surface area contributed by atoms with E-state index in [1.807, 2.05) is 0 Å². The number of carbonyl (C=O) groups is 1. The second-order valence-electron chi connectivity index (χ2n) is 4.04. The van der Waals surface area contributed by atoms with Gasteiger partial charge in [-0.25, -0.2) is 4.79 Å². The second kappa shape index (κ2) is 3.31. The summed E-state index contributed by atoms with van der Waals surface area (Å²) in [7, 11) is 1.27. The third kappa shape index (κ3) is 1.85. The number of ether oxygens (including phenoxy) is 4. The Morgan fingerprint density at radius 3 is 2.60 bits per heavy atom. The molecule has 3 atom stereocenters. The van der Waals surface area contributed by atoms with Crippen LogP contribution in [0.2, 0.25) is 0 Å². The van der Waals surface area contributed by atoms with Crippen LogP contribution in [0.4, 0.5) is 0 Å². The summed E-state index contributed by atoms with van der Waals surface area (Å²) in [6.45, 7) is 3.95. The summed E-state index contributed by atoms with van der Waals surface area (Å²) in [5.74, 6) is -1.24. The zero-order valence-corrected chi connectivity index (χ0v) is 9.54. The predicted octanol–water partition coefficient (Wildman–Crippen LogP) is 0.645. The molecule has 2 rings (SSSR count). The lowest BCUT2D eigenvalue weighted by Crippen LogP contribution is -2.31. The van der Waals surface area contributed by atoms with Crippen LogP contribution in [0.1, 0.15) is 13.8 Å². The van der Waals surface area contributed by atoms with E-state index in [-0.39, 0.29) is 6.10 Å². The third-order valence-corrected chi connectivity index (χ3v) is 2.90. The van der Waals surface area contributed by atoms with Crippen molar-refractivity contribution in [1.29, 1.82) is 0 Å². The third-order valence-electron chi connectivity index (χ3n) is 2.44. The Balaban J connectivity index is 1.97. The van der Waals surface area contributed by atoms with Crippen LogP contribution in [0.3, 0.4) is 0 Å². The number of rotatable bonds is 2. The SMILES string of the molecule is COC(=O)C1(Cl)OC1[C@H]1COC(C)(C)O1. The molecule has 0 spiro atoms. The zero-order chi connectivity index (χ0) is 11.3. The van der Waals surface area contributed by atoms with Gasteiger partial charge in [0, 0.05) is 0 Å². The summed E-state index contributed by atoms with van der Waals surface area (Å²) < 4.78 is 20.5. The maximum absolute atomic E-state index is 11.2.